The smallest absolute Gasteiger partial charge is 0.207 e. The molecule has 1 saturated heterocycles. The molecule has 204 valence electrons. The second kappa shape index (κ2) is 10.5. The second-order valence-electron chi connectivity index (χ2n) is 11.0. The van der Waals surface area contributed by atoms with Crippen LogP contribution >= 0.6 is 15.9 Å². The molecule has 3 aliphatic rings. The average molecular weight is 606 g/mol. The monoisotopic (exact) mass is 604 g/mol. The molecule has 6 nitrogen and oxygen atoms in total. The number of hydrogen-bond acceptors (Lipinski definition) is 6. The van der Waals surface area contributed by atoms with Crippen LogP contribution in [-0.2, 0) is 4.79 Å². The fraction of sp³-hybridized carbons (Fsp3) is 0.265. The number of fused-ring (bicyclic) bond motifs is 2. The largest absolute Gasteiger partial charge is 0.351 e. The van der Waals surface area contributed by atoms with E-state index in [1.807, 2.05) is 67.0 Å². The van der Waals surface area contributed by atoms with Crippen LogP contribution in [0, 0.1) is 0 Å². The van der Waals surface area contributed by atoms with Crippen LogP contribution in [0.15, 0.2) is 113 Å². The number of carbonyl (C=O) groups is 2. The van der Waals surface area contributed by atoms with E-state index in [0.29, 0.717) is 25.0 Å². The van der Waals surface area contributed by atoms with Gasteiger partial charge in [0.2, 0.25) is 5.78 Å². The predicted molar refractivity (Wildman–Crippen MR) is 159 cm³/mol. The Morgan fingerprint density at radius 3 is 2.15 bits per heavy atom. The number of Topliss-reactive ketones (excluding diaryl/α,β-unsaturated/α-hetero) is 2. The summed E-state index contributed by atoms with van der Waals surface area (Å²) in [7, 11) is 0. The summed E-state index contributed by atoms with van der Waals surface area (Å²) in [6, 6.07) is 25.5. The minimum atomic E-state index is -1.00. The van der Waals surface area contributed by atoms with Gasteiger partial charge in [0, 0.05) is 58.3 Å². The van der Waals surface area contributed by atoms with Gasteiger partial charge in [-0.1, -0.05) is 46.3 Å². The van der Waals surface area contributed by atoms with Gasteiger partial charge in [0.25, 0.3) is 0 Å². The Morgan fingerprint density at radius 2 is 1.49 bits per heavy atom. The minimum absolute atomic E-state index is 0.0288. The van der Waals surface area contributed by atoms with Crippen LogP contribution in [0.1, 0.15) is 77.4 Å². The Kier molecular flexibility index (Phi) is 6.62. The highest BCUT2D eigenvalue weighted by molar-refractivity contribution is 9.10. The molecular formula is C34H29BrN4O2. The molecule has 2 aliphatic heterocycles. The van der Waals surface area contributed by atoms with E-state index in [1.165, 1.54) is 0 Å². The van der Waals surface area contributed by atoms with E-state index in [0.717, 1.165) is 45.5 Å². The van der Waals surface area contributed by atoms with E-state index in [1.54, 1.807) is 6.20 Å². The molecule has 7 heteroatoms. The predicted octanol–water partition coefficient (Wildman–Crippen LogP) is 6.98. The molecule has 3 aromatic heterocycles. The summed E-state index contributed by atoms with van der Waals surface area (Å²) in [5.41, 5.74) is 4.14. The number of halogens is 1. The number of hydrogen-bond donors (Lipinski definition) is 0. The van der Waals surface area contributed by atoms with Crippen molar-refractivity contribution in [1.82, 2.24) is 19.9 Å². The Morgan fingerprint density at radius 1 is 0.805 bits per heavy atom. The van der Waals surface area contributed by atoms with Gasteiger partial charge in [-0.15, -0.1) is 0 Å². The fourth-order valence-electron chi connectivity index (χ4n) is 7.47. The van der Waals surface area contributed by atoms with Crippen LogP contribution in [0.2, 0.25) is 0 Å². The molecule has 7 rings (SSSR count). The molecule has 5 heterocycles. The number of benzene rings is 1. The maximum Gasteiger partial charge on any atom is 0.207 e. The van der Waals surface area contributed by atoms with Gasteiger partial charge >= 0.3 is 0 Å². The Hall–Kier alpha value is -3.97. The lowest BCUT2D eigenvalue weighted by atomic mass is 9.67. The summed E-state index contributed by atoms with van der Waals surface area (Å²) in [6.07, 6.45) is 8.45. The highest BCUT2D eigenvalue weighted by atomic mass is 79.9. The maximum absolute atomic E-state index is 15.1. The van der Waals surface area contributed by atoms with Crippen molar-refractivity contribution in [3.63, 3.8) is 0 Å². The van der Waals surface area contributed by atoms with Crippen molar-refractivity contribution in [3.05, 3.63) is 136 Å². The zero-order valence-electron chi connectivity index (χ0n) is 22.5. The van der Waals surface area contributed by atoms with Crippen LogP contribution in [0.5, 0.6) is 0 Å². The average Bonchev–Trinajstić information content (AvgIpc) is 3.35. The summed E-state index contributed by atoms with van der Waals surface area (Å²) in [5.74, 6) is -0.299. The molecule has 1 aromatic carbocycles. The van der Waals surface area contributed by atoms with Crippen LogP contribution in [-0.4, -0.2) is 37.0 Å². The van der Waals surface area contributed by atoms with Gasteiger partial charge in [0.05, 0.1) is 11.7 Å². The van der Waals surface area contributed by atoms with Gasteiger partial charge in [0.15, 0.2) is 5.78 Å². The first kappa shape index (κ1) is 26.0. The van der Waals surface area contributed by atoms with E-state index in [2.05, 4.69) is 50.1 Å². The highest BCUT2D eigenvalue weighted by Crippen LogP contribution is 2.65. The number of pyridine rings is 3. The van der Waals surface area contributed by atoms with Crippen molar-refractivity contribution in [2.45, 2.75) is 55.5 Å². The van der Waals surface area contributed by atoms with Gasteiger partial charge in [-0.3, -0.25) is 24.5 Å². The standard InChI is InChI=1S/C34H29BrN4O2/c35-23-15-13-22(14-16-23)30-31(25-8-1-4-19-36-25)34(33(41)27-10-3-6-21-38-27)18-17-24-28(11-7-12-29(24)40)39(34)32(30)26-9-2-5-20-37-26/h1-6,8-10,13-16,19-21,30-32H,7,11-12,17-18H2/t30-,31-,32+,34+/m0/s1. The van der Waals surface area contributed by atoms with Crippen molar-refractivity contribution in [3.8, 4) is 0 Å². The van der Waals surface area contributed by atoms with Crippen LogP contribution in [0.3, 0.4) is 0 Å². The Balaban J connectivity index is 1.58. The van der Waals surface area contributed by atoms with Crippen LogP contribution in [0.4, 0.5) is 0 Å². The second-order valence-corrected chi connectivity index (χ2v) is 12.0. The van der Waals surface area contributed by atoms with Crippen molar-refractivity contribution in [1.29, 1.82) is 0 Å². The number of aromatic nitrogens is 3. The lowest BCUT2D eigenvalue weighted by Crippen LogP contribution is -2.56. The van der Waals surface area contributed by atoms with E-state index in [4.69, 9.17) is 9.97 Å². The number of nitrogens with zero attached hydrogens (tertiary/aromatic N) is 4. The third-order valence-corrected chi connectivity index (χ3v) is 9.54. The van der Waals surface area contributed by atoms with Crippen molar-refractivity contribution >= 4 is 27.5 Å². The highest BCUT2D eigenvalue weighted by Gasteiger charge is 2.66. The first-order valence-electron chi connectivity index (χ1n) is 14.2. The van der Waals surface area contributed by atoms with E-state index in [-0.39, 0.29) is 29.4 Å². The van der Waals surface area contributed by atoms with Crippen LogP contribution in [0.25, 0.3) is 0 Å². The lowest BCUT2D eigenvalue weighted by Gasteiger charge is -2.49. The molecule has 1 fully saturated rings. The molecule has 0 spiro atoms. The van der Waals surface area contributed by atoms with Crippen molar-refractivity contribution in [2.75, 3.05) is 0 Å². The molecule has 0 unspecified atom stereocenters. The molecule has 4 atom stereocenters. The topological polar surface area (TPSA) is 76.0 Å². The zero-order chi connectivity index (χ0) is 28.0. The van der Waals surface area contributed by atoms with Crippen molar-refractivity contribution < 1.29 is 9.59 Å². The molecule has 4 aromatic rings. The summed E-state index contributed by atoms with van der Waals surface area (Å²) >= 11 is 3.61. The number of ketones is 2. The fourth-order valence-corrected chi connectivity index (χ4v) is 7.73. The zero-order valence-corrected chi connectivity index (χ0v) is 24.1. The van der Waals surface area contributed by atoms with Gasteiger partial charge < -0.3 is 4.90 Å². The summed E-state index contributed by atoms with van der Waals surface area (Å²) in [6.45, 7) is 0. The van der Waals surface area contributed by atoms with E-state index >= 15 is 4.79 Å². The molecule has 1 aliphatic carbocycles. The molecule has 0 bridgehead atoms. The van der Waals surface area contributed by atoms with Gasteiger partial charge in [0.1, 0.15) is 11.2 Å². The van der Waals surface area contributed by atoms with Crippen molar-refractivity contribution in [2.24, 2.45) is 0 Å². The number of rotatable bonds is 5. The molecular weight excluding hydrogens is 576 g/mol. The molecule has 0 amide bonds. The number of carbonyl (C=O) groups excluding carboxylic acids is 2. The van der Waals surface area contributed by atoms with Gasteiger partial charge in [-0.05, 0) is 79.8 Å². The summed E-state index contributed by atoms with van der Waals surface area (Å²) in [4.78, 5) is 45.1. The Bertz CT molecular complexity index is 1630. The molecule has 41 heavy (non-hydrogen) atoms. The molecule has 0 N–H and O–H groups in total. The normalized spacial score (nSPS) is 25.5. The first-order chi connectivity index (χ1) is 20.1. The summed E-state index contributed by atoms with van der Waals surface area (Å²) in [5, 5.41) is 0. The van der Waals surface area contributed by atoms with Gasteiger partial charge in [-0.2, -0.15) is 0 Å². The third kappa shape index (κ3) is 4.17. The first-order valence-corrected chi connectivity index (χ1v) is 15.0. The Labute approximate surface area is 247 Å². The van der Waals surface area contributed by atoms with Gasteiger partial charge in [-0.25, -0.2) is 0 Å². The lowest BCUT2D eigenvalue weighted by molar-refractivity contribution is -0.116. The molecule has 0 saturated carbocycles. The van der Waals surface area contributed by atoms with E-state index < -0.39 is 5.54 Å². The third-order valence-electron chi connectivity index (χ3n) is 9.01. The summed E-state index contributed by atoms with van der Waals surface area (Å²) < 4.78 is 0.989. The number of allylic oxidation sites excluding steroid dienone is 2. The van der Waals surface area contributed by atoms with Crippen LogP contribution < -0.4 is 0 Å². The van der Waals surface area contributed by atoms with E-state index in [9.17, 15) is 4.79 Å². The molecule has 0 radical (unpaired) electrons. The SMILES string of the molecule is O=C1CCCC2=C1CC[C@]1(C(=O)c3ccccn3)[C@@H](c3ccccn3)[C@H](c3ccc(Br)cc3)[C@@H](c3ccccn3)N21. The maximum atomic E-state index is 15.1. The minimum Gasteiger partial charge on any atom is -0.351 e. The quantitative estimate of drug-likeness (QED) is 0.229.